The maximum atomic E-state index is 6.33. The Morgan fingerprint density at radius 1 is 1.29 bits per heavy atom. The van der Waals surface area contributed by atoms with Crippen LogP contribution in [0.1, 0.15) is 19.3 Å². The Labute approximate surface area is 108 Å². The lowest BCUT2D eigenvalue weighted by molar-refractivity contribution is 0.639. The number of rotatable bonds is 3. The molecule has 0 saturated carbocycles. The topological polar surface area (TPSA) is 12.4 Å². The molecule has 1 atom stereocenters. The Hall–Kier alpha value is -1.34. The minimum atomic E-state index is 0.249. The summed E-state index contributed by atoms with van der Waals surface area (Å²) in [6, 6.07) is 9.94. The van der Waals surface area contributed by atoms with Crippen molar-refractivity contribution in [1.29, 1.82) is 0 Å². The molecule has 0 radical (unpaired) electrons. The lowest BCUT2D eigenvalue weighted by atomic mass is 9.91. The predicted octanol–water partition coefficient (Wildman–Crippen LogP) is 4.87. The van der Waals surface area contributed by atoms with E-state index >= 15 is 0 Å². The Kier molecular flexibility index (Phi) is 4.16. The molecule has 1 aromatic carbocycles. The first kappa shape index (κ1) is 12.1. The lowest BCUT2D eigenvalue weighted by Crippen LogP contribution is -2.09. The molecule has 0 heterocycles. The van der Waals surface area contributed by atoms with Gasteiger partial charge in [-0.3, -0.25) is 4.99 Å². The summed E-state index contributed by atoms with van der Waals surface area (Å²) in [6.45, 7) is 3.80. The fourth-order valence-corrected chi connectivity index (χ4v) is 2.36. The van der Waals surface area contributed by atoms with Gasteiger partial charge in [-0.1, -0.05) is 42.5 Å². The highest BCUT2D eigenvalue weighted by Gasteiger charge is 2.18. The van der Waals surface area contributed by atoms with Gasteiger partial charge in [-0.25, -0.2) is 0 Å². The third-order valence-corrected chi connectivity index (χ3v) is 3.52. The van der Waals surface area contributed by atoms with Crippen LogP contribution >= 0.6 is 11.6 Å². The van der Waals surface area contributed by atoms with Gasteiger partial charge in [0.2, 0.25) is 0 Å². The molecule has 0 aliphatic heterocycles. The van der Waals surface area contributed by atoms with E-state index in [0.29, 0.717) is 0 Å². The average Bonchev–Trinajstić information content (AvgIpc) is 2.39. The van der Waals surface area contributed by atoms with E-state index in [1.807, 2.05) is 42.6 Å². The van der Waals surface area contributed by atoms with Crippen molar-refractivity contribution in [2.24, 2.45) is 10.9 Å². The second-order valence-corrected chi connectivity index (χ2v) is 4.60. The van der Waals surface area contributed by atoms with Crippen LogP contribution in [-0.4, -0.2) is 6.21 Å². The fraction of sp³-hybridized carbons (Fsp3) is 0.267. The first-order chi connectivity index (χ1) is 8.31. The van der Waals surface area contributed by atoms with Crippen LogP contribution in [0.4, 0.5) is 5.69 Å². The minimum Gasteiger partial charge on any atom is -0.261 e. The Balaban J connectivity index is 2.14. The van der Waals surface area contributed by atoms with Crippen LogP contribution in [0, 0.1) is 5.92 Å². The summed E-state index contributed by atoms with van der Waals surface area (Å²) in [5.41, 5.74) is 2.14. The number of aliphatic imine (C=N–C) groups is 1. The van der Waals surface area contributed by atoms with Crippen molar-refractivity contribution in [2.75, 3.05) is 0 Å². The third kappa shape index (κ3) is 3.07. The quantitative estimate of drug-likeness (QED) is 0.674. The van der Waals surface area contributed by atoms with Crippen molar-refractivity contribution in [3.63, 3.8) is 0 Å². The summed E-state index contributed by atoms with van der Waals surface area (Å²) in [5.74, 6) is 0.249. The van der Waals surface area contributed by atoms with Crippen LogP contribution in [0.15, 0.2) is 58.6 Å². The van der Waals surface area contributed by atoms with Gasteiger partial charge in [0.05, 0.1) is 5.69 Å². The normalized spacial score (nSPS) is 20.9. The number of allylic oxidation sites excluding steroid dienone is 3. The molecule has 0 aromatic heterocycles. The van der Waals surface area contributed by atoms with Crippen LogP contribution in [-0.2, 0) is 0 Å². The smallest absolute Gasteiger partial charge is 0.0625 e. The molecule has 17 heavy (non-hydrogen) atoms. The largest absolute Gasteiger partial charge is 0.261 e. The number of para-hydroxylation sites is 1. The third-order valence-electron chi connectivity index (χ3n) is 3.00. The highest BCUT2D eigenvalue weighted by atomic mass is 35.5. The van der Waals surface area contributed by atoms with E-state index in [1.165, 1.54) is 5.57 Å². The van der Waals surface area contributed by atoms with Crippen LogP contribution in [0.3, 0.4) is 0 Å². The van der Waals surface area contributed by atoms with Crippen molar-refractivity contribution >= 4 is 23.5 Å². The molecule has 0 bridgehead atoms. The molecule has 88 valence electrons. The Morgan fingerprint density at radius 2 is 2.06 bits per heavy atom. The monoisotopic (exact) mass is 245 g/mol. The van der Waals surface area contributed by atoms with Crippen molar-refractivity contribution in [3.8, 4) is 0 Å². The van der Waals surface area contributed by atoms with Gasteiger partial charge >= 0.3 is 0 Å². The molecular formula is C15H16ClN. The van der Waals surface area contributed by atoms with E-state index in [9.17, 15) is 0 Å². The van der Waals surface area contributed by atoms with E-state index in [1.54, 1.807) is 0 Å². The molecule has 0 spiro atoms. The average molecular weight is 246 g/mol. The minimum absolute atomic E-state index is 0.249. The zero-order valence-corrected chi connectivity index (χ0v) is 10.5. The molecule has 2 rings (SSSR count). The molecule has 1 aliphatic carbocycles. The van der Waals surface area contributed by atoms with Crippen LogP contribution in [0.25, 0.3) is 0 Å². The summed E-state index contributed by atoms with van der Waals surface area (Å²) >= 11 is 6.33. The first-order valence-corrected chi connectivity index (χ1v) is 6.29. The molecule has 1 nitrogen and oxygen atoms in total. The lowest BCUT2D eigenvalue weighted by Gasteiger charge is -2.20. The number of halogens is 1. The van der Waals surface area contributed by atoms with Gasteiger partial charge in [-0.05, 0) is 37.0 Å². The molecule has 2 heteroatoms. The fourth-order valence-electron chi connectivity index (χ4n) is 2.03. The number of nitrogens with zero attached hydrogens (tertiary/aromatic N) is 1. The summed E-state index contributed by atoms with van der Waals surface area (Å²) in [6.07, 6.45) is 7.10. The SMILES string of the molecule is C=CC1=C(Cl)C(C=Nc2ccccc2)CCC1. The number of hydrogen-bond donors (Lipinski definition) is 0. The second-order valence-electron chi connectivity index (χ2n) is 4.19. The molecule has 0 amide bonds. The molecule has 0 fully saturated rings. The van der Waals surface area contributed by atoms with E-state index in [-0.39, 0.29) is 5.92 Å². The van der Waals surface area contributed by atoms with E-state index in [4.69, 9.17) is 11.6 Å². The van der Waals surface area contributed by atoms with Gasteiger partial charge in [0.1, 0.15) is 0 Å². The zero-order valence-electron chi connectivity index (χ0n) is 9.77. The summed E-state index contributed by atoms with van der Waals surface area (Å²) in [5, 5.41) is 0.908. The zero-order chi connectivity index (χ0) is 12.1. The molecule has 0 saturated heterocycles. The van der Waals surface area contributed by atoms with Crippen LogP contribution < -0.4 is 0 Å². The van der Waals surface area contributed by atoms with Gasteiger partial charge in [-0.2, -0.15) is 0 Å². The highest BCUT2D eigenvalue weighted by molar-refractivity contribution is 6.31. The molecule has 0 N–H and O–H groups in total. The number of benzene rings is 1. The van der Waals surface area contributed by atoms with E-state index in [2.05, 4.69) is 11.6 Å². The standard InChI is InChI=1S/C15H16ClN/c1-2-12-7-6-8-13(15(12)16)11-17-14-9-4-3-5-10-14/h2-5,9-11,13H,1,6-8H2. The Morgan fingerprint density at radius 3 is 2.76 bits per heavy atom. The van der Waals surface area contributed by atoms with Crippen molar-refractivity contribution < 1.29 is 0 Å². The maximum absolute atomic E-state index is 6.33. The Bertz CT molecular complexity index is 445. The highest BCUT2D eigenvalue weighted by Crippen LogP contribution is 2.32. The molecule has 1 aromatic rings. The van der Waals surface area contributed by atoms with E-state index in [0.717, 1.165) is 30.0 Å². The summed E-state index contributed by atoms with van der Waals surface area (Å²) in [4.78, 5) is 4.47. The van der Waals surface area contributed by atoms with Crippen LogP contribution in [0.5, 0.6) is 0 Å². The first-order valence-electron chi connectivity index (χ1n) is 5.91. The molecule has 1 unspecified atom stereocenters. The van der Waals surface area contributed by atoms with E-state index < -0.39 is 0 Å². The molecular weight excluding hydrogens is 230 g/mol. The predicted molar refractivity (Wildman–Crippen MR) is 75.0 cm³/mol. The number of hydrogen-bond acceptors (Lipinski definition) is 1. The van der Waals surface area contributed by atoms with Gasteiger partial charge in [0.15, 0.2) is 0 Å². The van der Waals surface area contributed by atoms with Crippen molar-refractivity contribution in [2.45, 2.75) is 19.3 Å². The summed E-state index contributed by atoms with van der Waals surface area (Å²) < 4.78 is 0. The van der Waals surface area contributed by atoms with Gasteiger partial charge in [-0.15, -0.1) is 0 Å². The second kappa shape index (κ2) is 5.83. The van der Waals surface area contributed by atoms with Crippen molar-refractivity contribution in [3.05, 3.63) is 53.6 Å². The molecule has 1 aliphatic rings. The van der Waals surface area contributed by atoms with Crippen molar-refractivity contribution in [1.82, 2.24) is 0 Å². The maximum Gasteiger partial charge on any atom is 0.0625 e. The van der Waals surface area contributed by atoms with Gasteiger partial charge < -0.3 is 0 Å². The van der Waals surface area contributed by atoms with Gasteiger partial charge in [0.25, 0.3) is 0 Å². The van der Waals surface area contributed by atoms with Gasteiger partial charge in [0, 0.05) is 17.2 Å². The summed E-state index contributed by atoms with van der Waals surface area (Å²) in [7, 11) is 0. The van der Waals surface area contributed by atoms with Crippen LogP contribution in [0.2, 0.25) is 0 Å².